The molecule has 1 aromatic carbocycles. The van der Waals surface area contributed by atoms with E-state index in [9.17, 15) is 17.6 Å². The second kappa shape index (κ2) is 7.92. The number of hydrogen-bond donors (Lipinski definition) is 1. The second-order valence-corrected chi connectivity index (χ2v) is 6.45. The summed E-state index contributed by atoms with van der Waals surface area (Å²) in [6.45, 7) is 1.62. The number of pyridine rings is 1. The van der Waals surface area contributed by atoms with Crippen molar-refractivity contribution in [1.82, 2.24) is 10.3 Å². The fraction of sp³-hybridized carbons (Fsp3) is 0.368. The van der Waals surface area contributed by atoms with Crippen molar-refractivity contribution in [3.63, 3.8) is 0 Å². The number of nitrogens with one attached hydrogen (secondary N) is 1. The minimum atomic E-state index is -4.62. The Balaban J connectivity index is 1.96. The zero-order valence-electron chi connectivity index (χ0n) is 14.4. The summed E-state index contributed by atoms with van der Waals surface area (Å²) >= 11 is 0. The molecule has 1 aliphatic heterocycles. The van der Waals surface area contributed by atoms with Crippen LogP contribution < -0.4 is 10.2 Å². The van der Waals surface area contributed by atoms with Gasteiger partial charge in [0.15, 0.2) is 0 Å². The molecule has 27 heavy (non-hydrogen) atoms. The fourth-order valence-corrected chi connectivity index (χ4v) is 3.26. The van der Waals surface area contributed by atoms with Crippen molar-refractivity contribution in [3.8, 4) is 6.07 Å². The summed E-state index contributed by atoms with van der Waals surface area (Å²) in [5.41, 5.74) is -0.576. The zero-order valence-corrected chi connectivity index (χ0v) is 14.4. The van der Waals surface area contributed by atoms with Crippen LogP contribution in [0.2, 0.25) is 0 Å². The normalized spacial score (nSPS) is 15.4. The largest absolute Gasteiger partial charge is 0.416 e. The highest BCUT2D eigenvalue weighted by Crippen LogP contribution is 2.31. The Morgan fingerprint density at radius 2 is 1.93 bits per heavy atom. The first-order chi connectivity index (χ1) is 12.9. The minimum absolute atomic E-state index is 0.0327. The molecule has 2 heterocycles. The van der Waals surface area contributed by atoms with Crippen molar-refractivity contribution in [2.24, 2.45) is 0 Å². The van der Waals surface area contributed by atoms with Gasteiger partial charge in [-0.2, -0.15) is 18.4 Å². The van der Waals surface area contributed by atoms with E-state index in [1.807, 2.05) is 11.0 Å². The van der Waals surface area contributed by atoms with Crippen LogP contribution in [0.15, 0.2) is 36.4 Å². The molecule has 1 saturated heterocycles. The van der Waals surface area contributed by atoms with Crippen molar-refractivity contribution in [2.75, 3.05) is 18.0 Å². The van der Waals surface area contributed by atoms with E-state index in [0.717, 1.165) is 38.1 Å². The van der Waals surface area contributed by atoms with E-state index in [4.69, 9.17) is 5.26 Å². The lowest BCUT2D eigenvalue weighted by molar-refractivity contribution is -0.137. The first-order valence-corrected chi connectivity index (χ1v) is 8.58. The molecule has 0 unspecified atom stereocenters. The van der Waals surface area contributed by atoms with Gasteiger partial charge < -0.3 is 10.2 Å². The molecule has 0 amide bonds. The molecule has 142 valence electrons. The molecule has 1 aliphatic rings. The van der Waals surface area contributed by atoms with Gasteiger partial charge in [0, 0.05) is 12.6 Å². The number of aromatic nitrogens is 1. The number of hydrogen-bond acceptors (Lipinski definition) is 4. The Kier molecular flexibility index (Phi) is 5.61. The van der Waals surface area contributed by atoms with Gasteiger partial charge in [0.05, 0.1) is 5.56 Å². The van der Waals surface area contributed by atoms with Gasteiger partial charge in [0.1, 0.15) is 23.4 Å². The molecule has 3 rings (SSSR count). The number of rotatable bonds is 4. The SMILES string of the molecule is N#Cc1cccc(N(Cc2cc(F)cc(C(F)(F)F)c2)C2CCNCC2)n1. The van der Waals surface area contributed by atoms with Gasteiger partial charge in [-0.25, -0.2) is 9.37 Å². The molecular formula is C19H18F4N4. The average molecular weight is 378 g/mol. The molecule has 0 saturated carbocycles. The van der Waals surface area contributed by atoms with Gasteiger partial charge >= 0.3 is 6.18 Å². The lowest BCUT2D eigenvalue weighted by atomic mass is 10.0. The quantitative estimate of drug-likeness (QED) is 0.821. The van der Waals surface area contributed by atoms with Gasteiger partial charge in [0.2, 0.25) is 0 Å². The highest BCUT2D eigenvalue weighted by Gasteiger charge is 2.32. The van der Waals surface area contributed by atoms with Crippen molar-refractivity contribution in [2.45, 2.75) is 31.6 Å². The van der Waals surface area contributed by atoms with Gasteiger partial charge in [0.25, 0.3) is 0 Å². The standard InChI is InChI=1S/C19H18F4N4/c20-15-9-13(8-14(10-15)19(21,22)23)12-27(17-4-6-25-7-5-17)18-3-1-2-16(11-24)26-18/h1-3,8-10,17,25H,4-7,12H2. The smallest absolute Gasteiger partial charge is 0.349 e. The van der Waals surface area contributed by atoms with E-state index in [0.29, 0.717) is 11.9 Å². The van der Waals surface area contributed by atoms with Crippen molar-refractivity contribution in [3.05, 3.63) is 59.0 Å². The van der Waals surface area contributed by atoms with Crippen LogP contribution in [0, 0.1) is 17.1 Å². The summed E-state index contributed by atoms with van der Waals surface area (Å²) in [5.74, 6) is -0.428. The molecule has 0 radical (unpaired) electrons. The summed E-state index contributed by atoms with van der Waals surface area (Å²) in [6, 6.07) is 9.53. The summed E-state index contributed by atoms with van der Waals surface area (Å²) in [6.07, 6.45) is -3.06. The third-order valence-electron chi connectivity index (χ3n) is 4.53. The number of nitrogens with zero attached hydrogens (tertiary/aromatic N) is 3. The maximum atomic E-state index is 13.8. The summed E-state index contributed by atoms with van der Waals surface area (Å²) in [4.78, 5) is 6.14. The van der Waals surface area contributed by atoms with Crippen LogP contribution in [-0.2, 0) is 12.7 Å². The number of piperidine rings is 1. The van der Waals surface area contributed by atoms with Crippen molar-refractivity contribution >= 4 is 5.82 Å². The highest BCUT2D eigenvalue weighted by atomic mass is 19.4. The molecule has 1 fully saturated rings. The van der Waals surface area contributed by atoms with Crippen LogP contribution in [0.5, 0.6) is 0 Å². The van der Waals surface area contributed by atoms with Gasteiger partial charge in [-0.15, -0.1) is 0 Å². The van der Waals surface area contributed by atoms with E-state index in [-0.39, 0.29) is 23.8 Å². The summed E-state index contributed by atoms with van der Waals surface area (Å²) < 4.78 is 52.9. The monoisotopic (exact) mass is 378 g/mol. The fourth-order valence-electron chi connectivity index (χ4n) is 3.26. The predicted octanol–water partition coefficient (Wildman–Crippen LogP) is 3.87. The van der Waals surface area contributed by atoms with Crippen molar-refractivity contribution in [1.29, 1.82) is 5.26 Å². The number of benzene rings is 1. The zero-order chi connectivity index (χ0) is 19.4. The van der Waals surface area contributed by atoms with Crippen LogP contribution in [-0.4, -0.2) is 24.1 Å². The van der Waals surface area contributed by atoms with E-state index in [1.54, 1.807) is 18.2 Å². The lowest BCUT2D eigenvalue weighted by Crippen LogP contribution is -2.43. The maximum absolute atomic E-state index is 13.8. The number of halogens is 4. The molecule has 1 N–H and O–H groups in total. The van der Waals surface area contributed by atoms with Crippen LogP contribution in [0.3, 0.4) is 0 Å². The van der Waals surface area contributed by atoms with Crippen LogP contribution in [0.4, 0.5) is 23.4 Å². The first-order valence-electron chi connectivity index (χ1n) is 8.58. The Morgan fingerprint density at radius 1 is 1.19 bits per heavy atom. The van der Waals surface area contributed by atoms with Crippen LogP contribution >= 0.6 is 0 Å². The second-order valence-electron chi connectivity index (χ2n) is 6.45. The Hall–Kier alpha value is -2.66. The number of anilines is 1. The average Bonchev–Trinajstić information content (AvgIpc) is 2.66. The predicted molar refractivity (Wildman–Crippen MR) is 92.4 cm³/mol. The van der Waals surface area contributed by atoms with Gasteiger partial charge in [-0.05, 0) is 61.8 Å². The Bertz CT molecular complexity index is 838. The molecule has 2 aromatic rings. The highest BCUT2D eigenvalue weighted by molar-refractivity contribution is 5.44. The lowest BCUT2D eigenvalue weighted by Gasteiger charge is -2.36. The van der Waals surface area contributed by atoms with Crippen LogP contribution in [0.1, 0.15) is 29.7 Å². The molecular weight excluding hydrogens is 360 g/mol. The first kappa shape index (κ1) is 19.1. The molecule has 0 bridgehead atoms. The Labute approximate surface area is 154 Å². The van der Waals surface area contributed by atoms with E-state index >= 15 is 0 Å². The molecule has 4 nitrogen and oxygen atoms in total. The third-order valence-corrected chi connectivity index (χ3v) is 4.53. The van der Waals surface area contributed by atoms with E-state index in [2.05, 4.69) is 10.3 Å². The molecule has 1 aromatic heterocycles. The minimum Gasteiger partial charge on any atom is -0.349 e. The summed E-state index contributed by atoms with van der Waals surface area (Å²) in [7, 11) is 0. The van der Waals surface area contributed by atoms with E-state index in [1.165, 1.54) is 0 Å². The topological polar surface area (TPSA) is 52.0 Å². The number of alkyl halides is 3. The van der Waals surface area contributed by atoms with Gasteiger partial charge in [-0.3, -0.25) is 0 Å². The Morgan fingerprint density at radius 3 is 2.59 bits per heavy atom. The third kappa shape index (κ3) is 4.74. The number of nitriles is 1. The molecule has 0 spiro atoms. The van der Waals surface area contributed by atoms with Crippen LogP contribution in [0.25, 0.3) is 0 Å². The molecule has 0 aliphatic carbocycles. The summed E-state index contributed by atoms with van der Waals surface area (Å²) in [5, 5.41) is 12.3. The van der Waals surface area contributed by atoms with Gasteiger partial charge in [-0.1, -0.05) is 6.07 Å². The molecule has 8 heteroatoms. The van der Waals surface area contributed by atoms with Crippen molar-refractivity contribution < 1.29 is 17.6 Å². The molecule has 0 atom stereocenters. The maximum Gasteiger partial charge on any atom is 0.416 e. The van der Waals surface area contributed by atoms with E-state index < -0.39 is 17.6 Å².